The lowest BCUT2D eigenvalue weighted by Gasteiger charge is -2.20. The highest BCUT2D eigenvalue weighted by Crippen LogP contribution is 2.30. The fourth-order valence-electron chi connectivity index (χ4n) is 1.94. The molecule has 0 bridgehead atoms. The highest BCUT2D eigenvalue weighted by atomic mass is 16.4. The molecule has 0 heterocycles. The van der Waals surface area contributed by atoms with E-state index in [1.807, 2.05) is 6.08 Å². The van der Waals surface area contributed by atoms with Crippen LogP contribution < -0.4 is 0 Å². The third-order valence-electron chi connectivity index (χ3n) is 2.66. The molecule has 1 aliphatic carbocycles. The fourth-order valence-corrected chi connectivity index (χ4v) is 1.94. The second kappa shape index (κ2) is 4.45. The van der Waals surface area contributed by atoms with Crippen LogP contribution in [-0.4, -0.2) is 11.1 Å². The minimum absolute atomic E-state index is 0.171. The topological polar surface area (TPSA) is 37.3 Å². The van der Waals surface area contributed by atoms with Crippen LogP contribution in [0.15, 0.2) is 22.8 Å². The second-order valence-corrected chi connectivity index (χ2v) is 4.27. The molecule has 0 saturated heterocycles. The summed E-state index contributed by atoms with van der Waals surface area (Å²) in [7, 11) is 0. The Morgan fingerprint density at radius 1 is 1.50 bits per heavy atom. The number of aliphatic carboxylic acids is 1. The molecular weight excluding hydrogens is 176 g/mol. The van der Waals surface area contributed by atoms with Crippen molar-refractivity contribution in [2.75, 3.05) is 0 Å². The van der Waals surface area contributed by atoms with Crippen molar-refractivity contribution in [2.24, 2.45) is 5.92 Å². The van der Waals surface area contributed by atoms with Gasteiger partial charge in [0.2, 0.25) is 0 Å². The number of carboxylic acids is 1. The predicted octanol–water partition coefficient (Wildman–Crippen LogP) is 3.15. The summed E-state index contributed by atoms with van der Waals surface area (Å²) in [6.07, 6.45) is 4.33. The average molecular weight is 194 g/mol. The van der Waals surface area contributed by atoms with E-state index in [0.717, 1.165) is 18.4 Å². The van der Waals surface area contributed by atoms with Crippen LogP contribution >= 0.6 is 0 Å². The summed E-state index contributed by atoms with van der Waals surface area (Å²) in [5, 5.41) is 8.79. The van der Waals surface area contributed by atoms with Gasteiger partial charge in [-0.15, -0.1) is 0 Å². The summed E-state index contributed by atoms with van der Waals surface area (Å²) in [5.41, 5.74) is 3.64. The Kier molecular flexibility index (Phi) is 3.50. The smallest absolute Gasteiger partial charge is 0.307 e. The Bertz CT molecular complexity index is 295. The summed E-state index contributed by atoms with van der Waals surface area (Å²) in [4.78, 5) is 10.7. The van der Waals surface area contributed by atoms with E-state index in [9.17, 15) is 4.79 Å². The van der Waals surface area contributed by atoms with Crippen LogP contribution in [-0.2, 0) is 4.79 Å². The molecule has 0 aliphatic heterocycles. The summed E-state index contributed by atoms with van der Waals surface area (Å²) >= 11 is 0. The lowest BCUT2D eigenvalue weighted by molar-refractivity contribution is -0.136. The minimum atomic E-state index is -0.732. The van der Waals surface area contributed by atoms with Crippen LogP contribution in [0.25, 0.3) is 0 Å². The Balaban J connectivity index is 2.95. The molecule has 0 spiro atoms. The number of hydrogen-bond acceptors (Lipinski definition) is 1. The first-order valence-electron chi connectivity index (χ1n) is 5.11. The monoisotopic (exact) mass is 194 g/mol. The van der Waals surface area contributed by atoms with Gasteiger partial charge in [-0.25, -0.2) is 0 Å². The molecule has 78 valence electrons. The van der Waals surface area contributed by atoms with Crippen molar-refractivity contribution in [1.82, 2.24) is 0 Å². The van der Waals surface area contributed by atoms with Crippen LogP contribution in [0.2, 0.25) is 0 Å². The van der Waals surface area contributed by atoms with Gasteiger partial charge in [-0.3, -0.25) is 4.79 Å². The zero-order chi connectivity index (χ0) is 10.7. The van der Waals surface area contributed by atoms with Gasteiger partial charge in [0.25, 0.3) is 0 Å². The first kappa shape index (κ1) is 11.0. The number of allylic oxidation sites excluding steroid dienone is 3. The van der Waals surface area contributed by atoms with Crippen molar-refractivity contribution in [1.29, 1.82) is 0 Å². The molecule has 0 saturated carbocycles. The molecule has 2 nitrogen and oxygen atoms in total. The average Bonchev–Trinajstić information content (AvgIpc) is 2.01. The second-order valence-electron chi connectivity index (χ2n) is 4.27. The van der Waals surface area contributed by atoms with Gasteiger partial charge in [-0.05, 0) is 31.3 Å². The molecule has 0 atom stereocenters. The number of carboxylic acid groups (broad SMARTS) is 1. The maximum atomic E-state index is 10.7. The molecule has 0 radical (unpaired) electrons. The van der Waals surface area contributed by atoms with E-state index in [-0.39, 0.29) is 6.42 Å². The third-order valence-corrected chi connectivity index (χ3v) is 2.66. The number of hydrogen-bond donors (Lipinski definition) is 1. The Morgan fingerprint density at radius 2 is 2.14 bits per heavy atom. The highest BCUT2D eigenvalue weighted by Gasteiger charge is 2.15. The summed E-state index contributed by atoms with van der Waals surface area (Å²) in [6.45, 7) is 6.33. The first-order valence-corrected chi connectivity index (χ1v) is 5.11. The molecule has 2 heteroatoms. The molecular formula is C12H18O2. The zero-order valence-corrected chi connectivity index (χ0v) is 9.13. The Morgan fingerprint density at radius 3 is 2.64 bits per heavy atom. The van der Waals surface area contributed by atoms with Gasteiger partial charge in [0, 0.05) is 0 Å². The SMILES string of the molecule is CC1=CC(CC(=O)O)=C(C(C)C)CC1. The normalized spacial score (nSPS) is 17.3. The van der Waals surface area contributed by atoms with E-state index in [4.69, 9.17) is 5.11 Å². The van der Waals surface area contributed by atoms with Crippen molar-refractivity contribution in [3.8, 4) is 0 Å². The first-order chi connectivity index (χ1) is 6.50. The van der Waals surface area contributed by atoms with E-state index in [2.05, 4.69) is 20.8 Å². The highest BCUT2D eigenvalue weighted by molar-refractivity contribution is 5.71. The summed E-state index contributed by atoms with van der Waals surface area (Å²) < 4.78 is 0. The molecule has 1 aliphatic rings. The van der Waals surface area contributed by atoms with Crippen molar-refractivity contribution in [3.63, 3.8) is 0 Å². The number of rotatable bonds is 3. The Labute approximate surface area is 85.3 Å². The van der Waals surface area contributed by atoms with Gasteiger partial charge < -0.3 is 5.11 Å². The Hall–Kier alpha value is -1.05. The van der Waals surface area contributed by atoms with Crippen LogP contribution in [0.4, 0.5) is 0 Å². The van der Waals surface area contributed by atoms with Gasteiger partial charge in [0.05, 0.1) is 6.42 Å². The maximum Gasteiger partial charge on any atom is 0.307 e. The van der Waals surface area contributed by atoms with E-state index < -0.39 is 5.97 Å². The fraction of sp³-hybridized carbons (Fsp3) is 0.583. The van der Waals surface area contributed by atoms with E-state index in [0.29, 0.717) is 5.92 Å². The predicted molar refractivity (Wildman–Crippen MR) is 57.1 cm³/mol. The van der Waals surface area contributed by atoms with Crippen molar-refractivity contribution in [2.45, 2.75) is 40.0 Å². The lowest BCUT2D eigenvalue weighted by atomic mass is 9.85. The standard InChI is InChI=1S/C12H18O2/c1-8(2)11-5-4-9(3)6-10(11)7-12(13)14/h6,8H,4-5,7H2,1-3H3,(H,13,14). The molecule has 1 N–H and O–H groups in total. The van der Waals surface area contributed by atoms with Gasteiger partial charge in [-0.1, -0.05) is 31.1 Å². The van der Waals surface area contributed by atoms with Crippen LogP contribution in [0.5, 0.6) is 0 Å². The largest absolute Gasteiger partial charge is 0.481 e. The molecule has 14 heavy (non-hydrogen) atoms. The van der Waals surface area contributed by atoms with Crippen molar-refractivity contribution >= 4 is 5.97 Å². The van der Waals surface area contributed by atoms with Crippen LogP contribution in [0, 0.1) is 5.92 Å². The zero-order valence-electron chi connectivity index (χ0n) is 9.13. The maximum absolute atomic E-state index is 10.7. The molecule has 0 amide bonds. The lowest BCUT2D eigenvalue weighted by Crippen LogP contribution is -2.07. The quantitative estimate of drug-likeness (QED) is 0.749. The molecule has 1 rings (SSSR count). The molecule has 0 aromatic rings. The van der Waals surface area contributed by atoms with Gasteiger partial charge in [0.1, 0.15) is 0 Å². The van der Waals surface area contributed by atoms with E-state index in [1.165, 1.54) is 11.1 Å². The van der Waals surface area contributed by atoms with E-state index in [1.54, 1.807) is 0 Å². The number of carbonyl (C=O) groups is 1. The van der Waals surface area contributed by atoms with Gasteiger partial charge >= 0.3 is 5.97 Å². The summed E-state index contributed by atoms with van der Waals surface area (Å²) in [6, 6.07) is 0. The molecule has 0 aromatic heterocycles. The third kappa shape index (κ3) is 2.72. The van der Waals surface area contributed by atoms with Crippen LogP contribution in [0.1, 0.15) is 40.0 Å². The minimum Gasteiger partial charge on any atom is -0.481 e. The molecule has 0 unspecified atom stereocenters. The molecule has 0 fully saturated rings. The van der Waals surface area contributed by atoms with Crippen molar-refractivity contribution in [3.05, 3.63) is 22.8 Å². The van der Waals surface area contributed by atoms with Gasteiger partial charge in [0.15, 0.2) is 0 Å². The van der Waals surface area contributed by atoms with Crippen molar-refractivity contribution < 1.29 is 9.90 Å². The summed E-state index contributed by atoms with van der Waals surface area (Å²) in [5.74, 6) is -0.266. The van der Waals surface area contributed by atoms with Crippen LogP contribution in [0.3, 0.4) is 0 Å². The van der Waals surface area contributed by atoms with E-state index >= 15 is 0 Å². The van der Waals surface area contributed by atoms with Gasteiger partial charge in [-0.2, -0.15) is 0 Å². The molecule has 0 aromatic carbocycles.